The zero-order valence-electron chi connectivity index (χ0n) is 10.8. The Balaban J connectivity index is 1.98. The van der Waals surface area contributed by atoms with E-state index in [0.29, 0.717) is 12.3 Å². The van der Waals surface area contributed by atoms with Crippen molar-refractivity contribution in [3.63, 3.8) is 0 Å². The van der Waals surface area contributed by atoms with E-state index in [9.17, 15) is 4.79 Å². The van der Waals surface area contributed by atoms with Gasteiger partial charge in [-0.3, -0.25) is 4.79 Å². The van der Waals surface area contributed by atoms with E-state index in [4.69, 9.17) is 10.5 Å². The summed E-state index contributed by atoms with van der Waals surface area (Å²) in [7, 11) is 0. The molecule has 2 aromatic rings. The Bertz CT molecular complexity index is 602. The van der Waals surface area contributed by atoms with E-state index in [-0.39, 0.29) is 6.61 Å². The Hall–Kier alpha value is -2.01. The molecule has 5 heteroatoms. The Labute approximate surface area is 126 Å². The van der Waals surface area contributed by atoms with Gasteiger partial charge in [0.1, 0.15) is 5.75 Å². The van der Waals surface area contributed by atoms with Crippen molar-refractivity contribution in [2.75, 3.05) is 11.9 Å². The van der Waals surface area contributed by atoms with Crippen LogP contribution in [0.3, 0.4) is 0 Å². The van der Waals surface area contributed by atoms with Crippen molar-refractivity contribution in [2.24, 2.45) is 5.73 Å². The van der Waals surface area contributed by atoms with E-state index in [0.717, 1.165) is 15.7 Å². The first kappa shape index (κ1) is 14.4. The number of amides is 1. The second kappa shape index (κ2) is 6.96. The van der Waals surface area contributed by atoms with Crippen molar-refractivity contribution in [1.82, 2.24) is 0 Å². The molecule has 0 aliphatic heterocycles. The Morgan fingerprint density at radius 1 is 1.20 bits per heavy atom. The van der Waals surface area contributed by atoms with E-state index in [1.807, 2.05) is 42.5 Å². The van der Waals surface area contributed by atoms with Crippen molar-refractivity contribution >= 4 is 27.5 Å². The Kier molecular flexibility index (Phi) is 5.01. The van der Waals surface area contributed by atoms with Crippen molar-refractivity contribution in [2.45, 2.75) is 6.54 Å². The van der Waals surface area contributed by atoms with Crippen LogP contribution in [0.5, 0.6) is 5.75 Å². The van der Waals surface area contributed by atoms with E-state index >= 15 is 0 Å². The summed E-state index contributed by atoms with van der Waals surface area (Å²) >= 11 is 3.51. The van der Waals surface area contributed by atoms with Crippen LogP contribution in [0.2, 0.25) is 0 Å². The van der Waals surface area contributed by atoms with Crippen LogP contribution in [-0.2, 0) is 11.3 Å². The minimum atomic E-state index is -0.489. The fourth-order valence-corrected chi connectivity index (χ4v) is 2.11. The van der Waals surface area contributed by atoms with Crippen molar-refractivity contribution in [1.29, 1.82) is 0 Å². The molecule has 0 aliphatic carbocycles. The maximum atomic E-state index is 10.7. The minimum Gasteiger partial charge on any atom is -0.484 e. The Morgan fingerprint density at radius 3 is 2.75 bits per heavy atom. The van der Waals surface area contributed by atoms with Crippen LogP contribution >= 0.6 is 15.9 Å². The summed E-state index contributed by atoms with van der Waals surface area (Å²) in [5.41, 5.74) is 7.13. The molecule has 2 rings (SSSR count). The molecule has 0 aromatic heterocycles. The van der Waals surface area contributed by atoms with E-state index in [2.05, 4.69) is 21.2 Å². The fraction of sp³-hybridized carbons (Fsp3) is 0.133. The third-order valence-corrected chi connectivity index (χ3v) is 3.43. The number of ether oxygens (including phenoxy) is 1. The number of hydrogen-bond donors (Lipinski definition) is 2. The summed E-state index contributed by atoms with van der Waals surface area (Å²) in [4.78, 5) is 10.7. The molecular formula is C15H15BrN2O2. The molecule has 4 nitrogen and oxygen atoms in total. The molecule has 0 aliphatic rings. The quantitative estimate of drug-likeness (QED) is 0.853. The fourth-order valence-electron chi connectivity index (χ4n) is 1.69. The molecule has 3 N–H and O–H groups in total. The lowest BCUT2D eigenvalue weighted by Crippen LogP contribution is -2.20. The Morgan fingerprint density at radius 2 is 2.00 bits per heavy atom. The average molecular weight is 335 g/mol. The van der Waals surface area contributed by atoms with Gasteiger partial charge in [-0.15, -0.1) is 0 Å². The average Bonchev–Trinajstić information content (AvgIpc) is 2.45. The normalized spacial score (nSPS) is 10.1. The number of hydrogen-bond acceptors (Lipinski definition) is 3. The van der Waals surface area contributed by atoms with Crippen LogP contribution in [0.15, 0.2) is 53.0 Å². The topological polar surface area (TPSA) is 64.4 Å². The summed E-state index contributed by atoms with van der Waals surface area (Å²) in [6, 6.07) is 15.4. The summed E-state index contributed by atoms with van der Waals surface area (Å²) < 4.78 is 6.32. The highest BCUT2D eigenvalue weighted by Gasteiger charge is 2.01. The smallest absolute Gasteiger partial charge is 0.255 e. The lowest BCUT2D eigenvalue weighted by atomic mass is 10.2. The van der Waals surface area contributed by atoms with Gasteiger partial charge in [0.25, 0.3) is 5.91 Å². The van der Waals surface area contributed by atoms with Crippen molar-refractivity contribution < 1.29 is 9.53 Å². The molecule has 0 bridgehead atoms. The molecule has 0 spiro atoms. The zero-order valence-corrected chi connectivity index (χ0v) is 12.4. The van der Waals surface area contributed by atoms with Crippen molar-refractivity contribution in [3.05, 3.63) is 58.6 Å². The maximum absolute atomic E-state index is 10.7. The van der Waals surface area contributed by atoms with Gasteiger partial charge >= 0.3 is 0 Å². The summed E-state index contributed by atoms with van der Waals surface area (Å²) in [6.07, 6.45) is 0. The van der Waals surface area contributed by atoms with Crippen LogP contribution in [0, 0.1) is 0 Å². The van der Waals surface area contributed by atoms with Gasteiger partial charge in [-0.2, -0.15) is 0 Å². The van der Waals surface area contributed by atoms with Crippen molar-refractivity contribution in [3.8, 4) is 5.75 Å². The van der Waals surface area contributed by atoms with Gasteiger partial charge in [0.15, 0.2) is 6.61 Å². The highest BCUT2D eigenvalue weighted by atomic mass is 79.9. The predicted molar refractivity (Wildman–Crippen MR) is 82.6 cm³/mol. The third kappa shape index (κ3) is 4.28. The first-order chi connectivity index (χ1) is 9.65. The molecule has 0 atom stereocenters. The monoisotopic (exact) mass is 334 g/mol. The molecule has 104 valence electrons. The lowest BCUT2D eigenvalue weighted by Gasteiger charge is -2.10. The molecule has 0 radical (unpaired) electrons. The SMILES string of the molecule is NC(=O)COc1cccc(NCc2ccccc2Br)c1. The summed E-state index contributed by atoms with van der Waals surface area (Å²) in [5.74, 6) is 0.123. The van der Waals surface area contributed by atoms with Crippen LogP contribution in [0.25, 0.3) is 0 Å². The molecule has 20 heavy (non-hydrogen) atoms. The second-order valence-corrected chi connectivity index (χ2v) is 5.08. The third-order valence-electron chi connectivity index (χ3n) is 2.66. The number of carbonyl (C=O) groups excluding carboxylic acids is 1. The van der Waals surface area contributed by atoms with Crippen LogP contribution in [0.4, 0.5) is 5.69 Å². The second-order valence-electron chi connectivity index (χ2n) is 4.23. The van der Waals surface area contributed by atoms with Crippen LogP contribution in [0.1, 0.15) is 5.56 Å². The number of carbonyl (C=O) groups is 1. The van der Waals surface area contributed by atoms with Crippen LogP contribution < -0.4 is 15.8 Å². The highest BCUT2D eigenvalue weighted by Crippen LogP contribution is 2.20. The minimum absolute atomic E-state index is 0.117. The molecule has 0 unspecified atom stereocenters. The van der Waals surface area contributed by atoms with E-state index in [1.54, 1.807) is 6.07 Å². The molecule has 0 fully saturated rings. The maximum Gasteiger partial charge on any atom is 0.255 e. The number of nitrogens with two attached hydrogens (primary N) is 1. The largest absolute Gasteiger partial charge is 0.484 e. The van der Waals surface area contributed by atoms with Gasteiger partial charge in [-0.25, -0.2) is 0 Å². The molecule has 1 amide bonds. The number of nitrogens with one attached hydrogen (secondary N) is 1. The predicted octanol–water partition coefficient (Wildman–Crippen LogP) is 2.93. The number of anilines is 1. The van der Waals surface area contributed by atoms with Gasteiger partial charge < -0.3 is 15.8 Å². The van der Waals surface area contributed by atoms with Gasteiger partial charge in [-0.05, 0) is 23.8 Å². The molecular weight excluding hydrogens is 320 g/mol. The first-order valence-electron chi connectivity index (χ1n) is 6.13. The van der Waals surface area contributed by atoms with Gasteiger partial charge in [0, 0.05) is 22.8 Å². The number of rotatable bonds is 6. The van der Waals surface area contributed by atoms with E-state index in [1.165, 1.54) is 0 Å². The van der Waals surface area contributed by atoms with E-state index < -0.39 is 5.91 Å². The molecule has 2 aromatic carbocycles. The van der Waals surface area contributed by atoms with Gasteiger partial charge in [-0.1, -0.05) is 40.2 Å². The molecule has 0 heterocycles. The summed E-state index contributed by atoms with van der Waals surface area (Å²) in [6.45, 7) is 0.578. The standard InChI is InChI=1S/C15H15BrN2O2/c16-14-7-2-1-4-11(14)9-18-12-5-3-6-13(8-12)20-10-15(17)19/h1-8,18H,9-10H2,(H2,17,19). The number of halogens is 1. The molecule has 0 saturated carbocycles. The number of benzene rings is 2. The van der Waals surface area contributed by atoms with Crippen LogP contribution in [-0.4, -0.2) is 12.5 Å². The lowest BCUT2D eigenvalue weighted by molar-refractivity contribution is -0.119. The number of primary amides is 1. The highest BCUT2D eigenvalue weighted by molar-refractivity contribution is 9.10. The first-order valence-corrected chi connectivity index (χ1v) is 6.93. The molecule has 0 saturated heterocycles. The van der Waals surface area contributed by atoms with Gasteiger partial charge in [0.05, 0.1) is 0 Å². The zero-order chi connectivity index (χ0) is 14.4. The summed E-state index contributed by atoms with van der Waals surface area (Å²) in [5, 5.41) is 3.30. The van der Waals surface area contributed by atoms with Gasteiger partial charge in [0.2, 0.25) is 0 Å².